The second-order valence-corrected chi connectivity index (χ2v) is 9.86. The molecule has 7 heteroatoms. The second kappa shape index (κ2) is 8.26. The quantitative estimate of drug-likeness (QED) is 0.783. The fourth-order valence-corrected chi connectivity index (χ4v) is 5.87. The van der Waals surface area contributed by atoms with Crippen LogP contribution in [0.25, 0.3) is 0 Å². The molecule has 2 aliphatic heterocycles. The first-order valence-electron chi connectivity index (χ1n) is 10.2. The molecular weight excluding hydrogens is 386 g/mol. The largest absolute Gasteiger partial charge is 0.323 e. The van der Waals surface area contributed by atoms with Crippen LogP contribution in [0.5, 0.6) is 0 Å². The van der Waals surface area contributed by atoms with Crippen LogP contribution in [0.2, 0.25) is 0 Å². The van der Waals surface area contributed by atoms with Gasteiger partial charge in [-0.25, -0.2) is 8.42 Å². The highest BCUT2D eigenvalue weighted by molar-refractivity contribution is 7.88. The number of nitrogens with zero attached hydrogens (tertiary/aromatic N) is 2. The zero-order valence-electron chi connectivity index (χ0n) is 16.8. The average molecular weight is 415 g/mol. The lowest BCUT2D eigenvalue weighted by atomic mass is 10.1. The van der Waals surface area contributed by atoms with Crippen LogP contribution >= 0.6 is 0 Å². The van der Waals surface area contributed by atoms with E-state index in [0.717, 1.165) is 29.1 Å². The third-order valence-electron chi connectivity index (χ3n) is 6.09. The Morgan fingerprint density at radius 1 is 1.00 bits per heavy atom. The Morgan fingerprint density at radius 3 is 2.38 bits per heavy atom. The van der Waals surface area contributed by atoms with E-state index in [2.05, 4.69) is 6.07 Å². The summed E-state index contributed by atoms with van der Waals surface area (Å²) in [6.07, 6.45) is 0.898. The first-order chi connectivity index (χ1) is 14.0. The van der Waals surface area contributed by atoms with E-state index in [1.807, 2.05) is 60.4 Å². The SMILES string of the molecule is C[C@@H](C(=O)N1CCc2ccccc21)[NH+]1CCN(S(=O)(=O)Cc2ccccc2)CC1. The number of hydrogen-bond acceptors (Lipinski definition) is 3. The first-order valence-corrected chi connectivity index (χ1v) is 11.8. The van der Waals surface area contributed by atoms with Crippen LogP contribution in [0.4, 0.5) is 5.69 Å². The number of nitrogens with one attached hydrogen (secondary N) is 1. The van der Waals surface area contributed by atoms with E-state index >= 15 is 0 Å². The number of hydrogen-bond donors (Lipinski definition) is 1. The predicted octanol–water partition coefficient (Wildman–Crippen LogP) is 0.695. The monoisotopic (exact) mass is 414 g/mol. The summed E-state index contributed by atoms with van der Waals surface area (Å²) in [5.74, 6) is 0.160. The van der Waals surface area contributed by atoms with E-state index in [4.69, 9.17) is 0 Å². The number of benzene rings is 2. The average Bonchev–Trinajstić information content (AvgIpc) is 3.17. The predicted molar refractivity (Wildman–Crippen MR) is 113 cm³/mol. The van der Waals surface area contributed by atoms with Gasteiger partial charge in [-0.2, -0.15) is 4.31 Å². The summed E-state index contributed by atoms with van der Waals surface area (Å²) in [6, 6.07) is 17.2. The lowest BCUT2D eigenvalue weighted by Crippen LogP contribution is -3.19. The summed E-state index contributed by atoms with van der Waals surface area (Å²) in [6.45, 7) is 4.91. The van der Waals surface area contributed by atoms with Crippen LogP contribution in [-0.2, 0) is 27.0 Å². The second-order valence-electron chi connectivity index (χ2n) is 7.89. The Labute approximate surface area is 172 Å². The van der Waals surface area contributed by atoms with Gasteiger partial charge in [0.1, 0.15) is 0 Å². The van der Waals surface area contributed by atoms with Gasteiger partial charge in [-0.15, -0.1) is 0 Å². The van der Waals surface area contributed by atoms with E-state index in [9.17, 15) is 13.2 Å². The normalized spacial score (nSPS) is 19.1. The number of sulfonamides is 1. The minimum absolute atomic E-state index is 0.0300. The van der Waals surface area contributed by atoms with Crippen molar-refractivity contribution in [2.24, 2.45) is 0 Å². The molecule has 2 aromatic rings. The number of quaternary nitrogens is 1. The van der Waals surface area contributed by atoms with Gasteiger partial charge in [0.15, 0.2) is 6.04 Å². The van der Waals surface area contributed by atoms with E-state index in [0.29, 0.717) is 26.2 Å². The van der Waals surface area contributed by atoms with Crippen LogP contribution < -0.4 is 9.80 Å². The number of rotatable bonds is 5. The first kappa shape index (κ1) is 20.1. The van der Waals surface area contributed by atoms with Crippen molar-refractivity contribution in [2.75, 3.05) is 37.6 Å². The molecule has 1 amide bonds. The van der Waals surface area contributed by atoms with Crippen molar-refractivity contribution in [2.45, 2.75) is 25.1 Å². The minimum atomic E-state index is -3.34. The van der Waals surface area contributed by atoms with Gasteiger partial charge < -0.3 is 9.80 Å². The lowest BCUT2D eigenvalue weighted by molar-refractivity contribution is -0.917. The van der Waals surface area contributed by atoms with Gasteiger partial charge in [0.25, 0.3) is 5.91 Å². The summed E-state index contributed by atoms with van der Waals surface area (Å²) in [7, 11) is -3.34. The van der Waals surface area contributed by atoms with E-state index in [-0.39, 0.29) is 17.7 Å². The smallest absolute Gasteiger partial charge is 0.284 e. The van der Waals surface area contributed by atoms with Crippen molar-refractivity contribution in [3.63, 3.8) is 0 Å². The van der Waals surface area contributed by atoms with Crippen molar-refractivity contribution in [3.05, 3.63) is 65.7 Å². The van der Waals surface area contributed by atoms with Crippen LogP contribution in [0.3, 0.4) is 0 Å². The Balaban J connectivity index is 1.36. The molecule has 1 saturated heterocycles. The van der Waals surface area contributed by atoms with Gasteiger partial charge in [-0.3, -0.25) is 4.79 Å². The van der Waals surface area contributed by atoms with Gasteiger partial charge in [0.2, 0.25) is 10.0 Å². The van der Waals surface area contributed by atoms with Crippen LogP contribution in [0.1, 0.15) is 18.1 Å². The Kier molecular flexibility index (Phi) is 5.72. The maximum atomic E-state index is 13.1. The Hall–Kier alpha value is -2.22. The molecule has 0 saturated carbocycles. The Morgan fingerprint density at radius 2 is 1.66 bits per heavy atom. The van der Waals surface area contributed by atoms with E-state index in [1.54, 1.807) is 4.31 Å². The summed E-state index contributed by atoms with van der Waals surface area (Å²) >= 11 is 0. The van der Waals surface area contributed by atoms with Crippen molar-refractivity contribution in [3.8, 4) is 0 Å². The molecule has 1 atom stereocenters. The molecule has 2 heterocycles. The molecule has 0 aliphatic carbocycles. The van der Waals surface area contributed by atoms with Crippen molar-refractivity contribution in [1.82, 2.24) is 4.31 Å². The third kappa shape index (κ3) is 4.22. The Bertz CT molecular complexity index is 970. The number of amides is 1. The molecule has 0 bridgehead atoms. The molecule has 2 aliphatic rings. The van der Waals surface area contributed by atoms with Crippen molar-refractivity contribution < 1.29 is 18.1 Å². The number of piperazine rings is 1. The third-order valence-corrected chi connectivity index (χ3v) is 7.94. The van der Waals surface area contributed by atoms with Gasteiger partial charge in [0.05, 0.1) is 31.9 Å². The molecule has 4 rings (SSSR count). The summed E-state index contributed by atoms with van der Waals surface area (Å²) in [5, 5.41) is 0. The molecule has 6 nitrogen and oxygen atoms in total. The number of fused-ring (bicyclic) bond motifs is 1. The van der Waals surface area contributed by atoms with Gasteiger partial charge >= 0.3 is 0 Å². The molecule has 154 valence electrons. The van der Waals surface area contributed by atoms with Crippen LogP contribution in [0.15, 0.2) is 54.6 Å². The summed E-state index contributed by atoms with van der Waals surface area (Å²) in [4.78, 5) is 16.2. The van der Waals surface area contributed by atoms with Gasteiger partial charge in [0, 0.05) is 12.2 Å². The van der Waals surface area contributed by atoms with Crippen LogP contribution in [0, 0.1) is 0 Å². The van der Waals surface area contributed by atoms with Crippen molar-refractivity contribution in [1.29, 1.82) is 0 Å². The summed E-state index contributed by atoms with van der Waals surface area (Å²) < 4.78 is 27.1. The molecule has 0 radical (unpaired) electrons. The highest BCUT2D eigenvalue weighted by Gasteiger charge is 2.37. The number of carbonyl (C=O) groups excluding carboxylic acids is 1. The fourth-order valence-electron chi connectivity index (χ4n) is 4.34. The zero-order valence-corrected chi connectivity index (χ0v) is 17.6. The minimum Gasteiger partial charge on any atom is -0.323 e. The van der Waals surface area contributed by atoms with E-state index < -0.39 is 10.0 Å². The maximum absolute atomic E-state index is 13.1. The van der Waals surface area contributed by atoms with Gasteiger partial charge in [-0.05, 0) is 30.5 Å². The fraction of sp³-hybridized carbons (Fsp3) is 0.409. The van der Waals surface area contributed by atoms with Crippen molar-refractivity contribution >= 4 is 21.6 Å². The van der Waals surface area contributed by atoms with Crippen LogP contribution in [-0.4, -0.2) is 57.4 Å². The molecule has 0 unspecified atom stereocenters. The standard InChI is InChI=1S/C22H27N3O3S/c1-18(22(26)25-12-11-20-9-5-6-10-21(20)25)23-13-15-24(16-14-23)29(27,28)17-19-7-3-2-4-8-19/h2-10,18H,11-17H2,1H3/p+1/t18-/m0/s1. The number of para-hydroxylation sites is 1. The van der Waals surface area contributed by atoms with Gasteiger partial charge in [-0.1, -0.05) is 48.5 Å². The lowest BCUT2D eigenvalue weighted by Gasteiger charge is -2.35. The maximum Gasteiger partial charge on any atom is 0.284 e. The molecule has 29 heavy (non-hydrogen) atoms. The highest BCUT2D eigenvalue weighted by atomic mass is 32.2. The topological polar surface area (TPSA) is 62.1 Å². The van der Waals surface area contributed by atoms with E-state index in [1.165, 1.54) is 5.56 Å². The molecule has 1 fully saturated rings. The number of anilines is 1. The zero-order chi connectivity index (χ0) is 20.4. The highest BCUT2D eigenvalue weighted by Crippen LogP contribution is 2.27. The molecular formula is C22H28N3O3S+. The molecule has 0 aromatic heterocycles. The summed E-state index contributed by atoms with van der Waals surface area (Å²) in [5.41, 5.74) is 3.05. The molecule has 2 aromatic carbocycles. The molecule has 0 spiro atoms. The number of carbonyl (C=O) groups is 1. The molecule has 1 N–H and O–H groups in total.